The molecule has 0 aliphatic rings. The lowest BCUT2D eigenvalue weighted by atomic mass is 10.2. The van der Waals surface area contributed by atoms with Crippen LogP contribution >= 0.6 is 11.6 Å². The molecule has 27 heavy (non-hydrogen) atoms. The van der Waals surface area contributed by atoms with E-state index in [1.54, 1.807) is 0 Å². The van der Waals surface area contributed by atoms with Crippen LogP contribution in [0.25, 0.3) is 11.5 Å². The molecule has 0 N–H and O–H groups in total. The summed E-state index contributed by atoms with van der Waals surface area (Å²) in [6.07, 6.45) is -0.949. The lowest BCUT2D eigenvalue weighted by Gasteiger charge is -2.10. The summed E-state index contributed by atoms with van der Waals surface area (Å²) < 4.78 is 24.3. The minimum atomic E-state index is -0.949. The van der Waals surface area contributed by atoms with Crippen LogP contribution in [-0.2, 0) is 4.74 Å². The van der Waals surface area contributed by atoms with E-state index in [2.05, 4.69) is 10.2 Å². The number of carbonyl (C=O) groups excluding carboxylic acids is 1. The topological polar surface area (TPSA) is 108 Å². The monoisotopic (exact) mass is 391 g/mol. The Kier molecular flexibility index (Phi) is 5.13. The first-order valence-electron chi connectivity index (χ1n) is 7.59. The van der Waals surface area contributed by atoms with E-state index in [1.165, 1.54) is 37.3 Å². The number of benzene rings is 2. The fraction of sp³-hybridized carbons (Fsp3) is 0.118. The summed E-state index contributed by atoms with van der Waals surface area (Å²) in [5.41, 5.74) is 0.0626. The summed E-state index contributed by atoms with van der Waals surface area (Å²) >= 11 is 5.76. The van der Waals surface area contributed by atoms with E-state index >= 15 is 0 Å². The number of hydrogen-bond donors (Lipinski definition) is 0. The van der Waals surface area contributed by atoms with Gasteiger partial charge in [0.05, 0.1) is 10.5 Å². The molecule has 0 aliphatic heterocycles. The smallest absolute Gasteiger partial charge is 0.341 e. The molecular weight excluding hydrogens is 381 g/mol. The molecule has 10 heteroatoms. The van der Waals surface area contributed by atoms with E-state index < -0.39 is 22.8 Å². The van der Waals surface area contributed by atoms with Crippen molar-refractivity contribution < 1.29 is 23.3 Å². The highest BCUT2D eigenvalue weighted by molar-refractivity contribution is 6.30. The van der Waals surface area contributed by atoms with Crippen molar-refractivity contribution in [3.05, 3.63) is 74.9 Å². The number of nitrogens with zero attached hydrogens (tertiary/aromatic N) is 3. The first kappa shape index (κ1) is 18.5. The molecule has 1 aromatic heterocycles. The van der Waals surface area contributed by atoms with Gasteiger partial charge in [-0.3, -0.25) is 10.1 Å². The van der Waals surface area contributed by atoms with Crippen LogP contribution in [0.1, 0.15) is 29.3 Å². The van der Waals surface area contributed by atoms with Gasteiger partial charge in [-0.05, 0) is 37.3 Å². The second kappa shape index (κ2) is 7.50. The molecule has 0 saturated heterocycles. The Morgan fingerprint density at radius 1 is 1.26 bits per heavy atom. The number of hydrogen-bond acceptors (Lipinski definition) is 7. The highest BCUT2D eigenvalue weighted by Gasteiger charge is 2.22. The quantitative estimate of drug-likeness (QED) is 0.361. The summed E-state index contributed by atoms with van der Waals surface area (Å²) in [5, 5.41) is 18.5. The fourth-order valence-corrected chi connectivity index (χ4v) is 2.34. The van der Waals surface area contributed by atoms with Crippen LogP contribution in [0, 0.1) is 15.9 Å². The van der Waals surface area contributed by atoms with E-state index in [4.69, 9.17) is 20.8 Å². The molecular formula is C17H11ClFN3O5. The Balaban J connectivity index is 1.74. The van der Waals surface area contributed by atoms with Gasteiger partial charge in [0.2, 0.25) is 5.89 Å². The maximum atomic E-state index is 13.7. The Labute approximate surface area is 156 Å². The molecule has 1 atom stereocenters. The third kappa shape index (κ3) is 4.09. The van der Waals surface area contributed by atoms with E-state index in [0.29, 0.717) is 5.56 Å². The Morgan fingerprint density at radius 3 is 2.63 bits per heavy atom. The highest BCUT2D eigenvalue weighted by Crippen LogP contribution is 2.25. The second-order valence-electron chi connectivity index (χ2n) is 5.42. The van der Waals surface area contributed by atoms with Crippen LogP contribution in [0.15, 0.2) is 46.9 Å². The minimum Gasteiger partial charge on any atom is -0.449 e. The molecule has 1 heterocycles. The van der Waals surface area contributed by atoms with Crippen molar-refractivity contribution in [2.24, 2.45) is 0 Å². The fourth-order valence-electron chi connectivity index (χ4n) is 2.17. The molecule has 0 amide bonds. The minimum absolute atomic E-state index is 0.0147. The number of esters is 1. The van der Waals surface area contributed by atoms with E-state index in [1.807, 2.05) is 0 Å². The standard InChI is InChI=1S/C17H11ClFN3O5/c1-9(26-17(23)13-8-11(18)4-7-14(13)19)15-20-21-16(27-15)10-2-5-12(6-3-10)22(24)25/h2-9H,1H3/t9-/m0/s1. The van der Waals surface area contributed by atoms with Crippen molar-refractivity contribution in [3.8, 4) is 11.5 Å². The lowest BCUT2D eigenvalue weighted by molar-refractivity contribution is -0.384. The summed E-state index contributed by atoms with van der Waals surface area (Å²) in [6, 6.07) is 9.02. The average Bonchev–Trinajstić information content (AvgIpc) is 3.14. The number of non-ortho nitro benzene ring substituents is 1. The van der Waals surface area contributed by atoms with Crippen LogP contribution in [0.3, 0.4) is 0 Å². The number of halogens is 2. The zero-order chi connectivity index (χ0) is 19.6. The van der Waals surface area contributed by atoms with E-state index in [0.717, 1.165) is 12.1 Å². The molecule has 0 aliphatic carbocycles. The van der Waals surface area contributed by atoms with Crippen molar-refractivity contribution in [2.75, 3.05) is 0 Å². The van der Waals surface area contributed by atoms with E-state index in [9.17, 15) is 19.3 Å². The van der Waals surface area contributed by atoms with Crippen LogP contribution in [-0.4, -0.2) is 21.1 Å². The average molecular weight is 392 g/mol. The van der Waals surface area contributed by atoms with Crippen LogP contribution in [0.2, 0.25) is 5.02 Å². The van der Waals surface area contributed by atoms with Gasteiger partial charge in [-0.2, -0.15) is 0 Å². The maximum absolute atomic E-state index is 13.7. The summed E-state index contributed by atoms with van der Waals surface area (Å²) in [7, 11) is 0. The lowest BCUT2D eigenvalue weighted by Crippen LogP contribution is -2.11. The molecule has 0 bridgehead atoms. The first-order chi connectivity index (χ1) is 12.8. The highest BCUT2D eigenvalue weighted by atomic mass is 35.5. The number of rotatable bonds is 5. The third-order valence-electron chi connectivity index (χ3n) is 3.55. The molecule has 3 aromatic rings. The van der Waals surface area contributed by atoms with Gasteiger partial charge in [0.1, 0.15) is 5.82 Å². The van der Waals surface area contributed by atoms with Crippen molar-refractivity contribution in [1.29, 1.82) is 0 Å². The largest absolute Gasteiger partial charge is 0.449 e. The summed E-state index contributed by atoms with van der Waals surface area (Å²) in [5.74, 6) is -1.62. The Morgan fingerprint density at radius 2 is 1.96 bits per heavy atom. The van der Waals surface area contributed by atoms with Crippen molar-refractivity contribution in [2.45, 2.75) is 13.0 Å². The van der Waals surface area contributed by atoms with Crippen molar-refractivity contribution in [1.82, 2.24) is 10.2 Å². The zero-order valence-corrected chi connectivity index (χ0v) is 14.5. The summed E-state index contributed by atoms with van der Waals surface area (Å²) in [6.45, 7) is 1.48. The van der Waals surface area contributed by atoms with Crippen molar-refractivity contribution in [3.63, 3.8) is 0 Å². The number of aromatic nitrogens is 2. The SMILES string of the molecule is C[C@H](OC(=O)c1cc(Cl)ccc1F)c1nnc(-c2ccc([N+](=O)[O-])cc2)o1. The Hall–Kier alpha value is -3.33. The van der Waals surface area contributed by atoms with Gasteiger partial charge in [-0.25, -0.2) is 9.18 Å². The molecule has 3 rings (SSSR count). The van der Waals surface area contributed by atoms with Gasteiger partial charge in [0, 0.05) is 22.7 Å². The molecule has 2 aromatic carbocycles. The predicted molar refractivity (Wildman–Crippen MR) is 91.6 cm³/mol. The van der Waals surface area contributed by atoms with Gasteiger partial charge in [0.25, 0.3) is 11.6 Å². The van der Waals surface area contributed by atoms with Gasteiger partial charge in [0.15, 0.2) is 6.10 Å². The molecule has 0 fully saturated rings. The maximum Gasteiger partial charge on any atom is 0.341 e. The molecule has 0 spiro atoms. The second-order valence-corrected chi connectivity index (χ2v) is 5.86. The van der Waals surface area contributed by atoms with Gasteiger partial charge in [-0.15, -0.1) is 10.2 Å². The van der Waals surface area contributed by atoms with Crippen molar-refractivity contribution >= 4 is 23.3 Å². The number of nitro benzene ring substituents is 1. The zero-order valence-electron chi connectivity index (χ0n) is 13.8. The van der Waals surface area contributed by atoms with Crippen LogP contribution < -0.4 is 0 Å². The molecule has 138 valence electrons. The molecule has 0 saturated carbocycles. The number of carbonyl (C=O) groups is 1. The number of nitro groups is 1. The summed E-state index contributed by atoms with van der Waals surface area (Å²) in [4.78, 5) is 22.3. The van der Waals surface area contributed by atoms with Gasteiger partial charge in [-0.1, -0.05) is 11.6 Å². The predicted octanol–water partition coefficient (Wildman–Crippen LogP) is 4.36. The Bertz CT molecular complexity index is 1010. The third-order valence-corrected chi connectivity index (χ3v) is 3.78. The molecule has 8 nitrogen and oxygen atoms in total. The van der Waals surface area contributed by atoms with Gasteiger partial charge >= 0.3 is 5.97 Å². The molecule has 0 radical (unpaired) electrons. The van der Waals surface area contributed by atoms with Crippen LogP contribution in [0.4, 0.5) is 10.1 Å². The van der Waals surface area contributed by atoms with E-state index in [-0.39, 0.29) is 28.1 Å². The first-order valence-corrected chi connectivity index (χ1v) is 7.97. The molecule has 0 unspecified atom stereocenters. The number of ether oxygens (including phenoxy) is 1. The van der Waals surface area contributed by atoms with Crippen LogP contribution in [0.5, 0.6) is 0 Å². The van der Waals surface area contributed by atoms with Gasteiger partial charge < -0.3 is 9.15 Å². The normalized spacial score (nSPS) is 11.8.